The van der Waals surface area contributed by atoms with Crippen LogP contribution in [0.5, 0.6) is 5.75 Å². The third-order valence-corrected chi connectivity index (χ3v) is 3.02. The summed E-state index contributed by atoms with van der Waals surface area (Å²) in [6.45, 7) is 1.42. The summed E-state index contributed by atoms with van der Waals surface area (Å²) in [5.41, 5.74) is 7.02. The number of nitrogens with two attached hydrogens (primary N) is 1. The summed E-state index contributed by atoms with van der Waals surface area (Å²) in [6.07, 6.45) is 0. The summed E-state index contributed by atoms with van der Waals surface area (Å²) in [5.74, 6) is -0.264. The molecule has 4 nitrogen and oxygen atoms in total. The number of carbonyl (C=O) groups is 1. The Bertz CT molecular complexity index is 677. The van der Waals surface area contributed by atoms with Crippen LogP contribution in [-0.4, -0.2) is 12.5 Å². The number of amides is 1. The van der Waals surface area contributed by atoms with Crippen LogP contribution in [0.4, 0.5) is 15.8 Å². The number of halogens is 2. The molecule has 0 heterocycles. The van der Waals surface area contributed by atoms with E-state index in [2.05, 4.69) is 5.32 Å². The highest BCUT2D eigenvalue weighted by Gasteiger charge is 2.07. The Labute approximate surface area is 126 Å². The molecule has 0 atom stereocenters. The average Bonchev–Trinajstić information content (AvgIpc) is 2.43. The number of rotatable bonds is 4. The first-order chi connectivity index (χ1) is 9.95. The van der Waals surface area contributed by atoms with Crippen molar-refractivity contribution in [1.29, 1.82) is 0 Å². The average molecular weight is 309 g/mol. The molecule has 0 fully saturated rings. The molecule has 1 amide bonds. The monoisotopic (exact) mass is 308 g/mol. The van der Waals surface area contributed by atoms with E-state index in [1.165, 1.54) is 18.2 Å². The molecule has 0 unspecified atom stereocenters. The molecule has 0 aliphatic rings. The van der Waals surface area contributed by atoms with Gasteiger partial charge in [-0.2, -0.15) is 0 Å². The van der Waals surface area contributed by atoms with Crippen molar-refractivity contribution in [2.45, 2.75) is 6.92 Å². The van der Waals surface area contributed by atoms with E-state index in [9.17, 15) is 9.18 Å². The Balaban J connectivity index is 1.94. The van der Waals surface area contributed by atoms with E-state index < -0.39 is 0 Å². The molecule has 0 aliphatic carbocycles. The first kappa shape index (κ1) is 15.1. The topological polar surface area (TPSA) is 64.3 Å². The van der Waals surface area contributed by atoms with Gasteiger partial charge in [0.1, 0.15) is 11.6 Å². The number of anilines is 2. The lowest BCUT2D eigenvalue weighted by molar-refractivity contribution is -0.118. The largest absolute Gasteiger partial charge is 0.484 e. The van der Waals surface area contributed by atoms with E-state index in [-0.39, 0.29) is 18.3 Å². The van der Waals surface area contributed by atoms with Gasteiger partial charge in [-0.1, -0.05) is 11.6 Å². The van der Waals surface area contributed by atoms with Gasteiger partial charge in [-0.05, 0) is 48.9 Å². The van der Waals surface area contributed by atoms with E-state index in [1.807, 2.05) is 0 Å². The van der Waals surface area contributed by atoms with Crippen molar-refractivity contribution in [2.24, 2.45) is 0 Å². The van der Waals surface area contributed by atoms with Gasteiger partial charge in [0, 0.05) is 5.02 Å². The molecule has 0 saturated heterocycles. The molecule has 2 aromatic rings. The van der Waals surface area contributed by atoms with Crippen molar-refractivity contribution in [2.75, 3.05) is 17.7 Å². The van der Waals surface area contributed by atoms with E-state index in [0.29, 0.717) is 27.7 Å². The number of benzene rings is 2. The van der Waals surface area contributed by atoms with Gasteiger partial charge in [0.25, 0.3) is 5.91 Å². The second kappa shape index (κ2) is 6.45. The lowest BCUT2D eigenvalue weighted by Crippen LogP contribution is -2.20. The Hall–Kier alpha value is -2.27. The van der Waals surface area contributed by atoms with Gasteiger partial charge >= 0.3 is 0 Å². The van der Waals surface area contributed by atoms with Gasteiger partial charge in [-0.15, -0.1) is 0 Å². The van der Waals surface area contributed by atoms with Gasteiger partial charge in [-0.3, -0.25) is 4.79 Å². The maximum absolute atomic E-state index is 13.1. The number of ether oxygens (including phenoxy) is 1. The summed E-state index contributed by atoms with van der Waals surface area (Å²) >= 11 is 5.77. The smallest absolute Gasteiger partial charge is 0.262 e. The van der Waals surface area contributed by atoms with Gasteiger partial charge in [-0.25, -0.2) is 4.39 Å². The maximum Gasteiger partial charge on any atom is 0.262 e. The Kier molecular flexibility index (Phi) is 4.65. The third-order valence-electron chi connectivity index (χ3n) is 2.79. The van der Waals surface area contributed by atoms with Crippen molar-refractivity contribution in [1.82, 2.24) is 0 Å². The van der Waals surface area contributed by atoms with Crippen LogP contribution in [0.1, 0.15) is 5.56 Å². The molecule has 110 valence electrons. The molecule has 0 aromatic heterocycles. The Morgan fingerprint density at radius 2 is 2.10 bits per heavy atom. The molecule has 0 bridgehead atoms. The minimum absolute atomic E-state index is 0.201. The second-order valence-corrected chi connectivity index (χ2v) is 4.92. The number of aryl methyl sites for hydroxylation is 1. The zero-order valence-corrected chi connectivity index (χ0v) is 12.1. The lowest BCUT2D eigenvalue weighted by Gasteiger charge is -2.10. The minimum atomic E-state index is -0.369. The quantitative estimate of drug-likeness (QED) is 0.851. The molecule has 6 heteroatoms. The van der Waals surface area contributed by atoms with Gasteiger partial charge in [0.2, 0.25) is 0 Å². The molecule has 0 saturated carbocycles. The molecule has 2 aromatic carbocycles. The lowest BCUT2D eigenvalue weighted by atomic mass is 10.2. The molecular formula is C15H14ClFN2O2. The summed E-state index contributed by atoms with van der Waals surface area (Å²) < 4.78 is 18.4. The highest BCUT2D eigenvalue weighted by atomic mass is 35.5. The van der Waals surface area contributed by atoms with Crippen LogP contribution in [-0.2, 0) is 4.79 Å². The summed E-state index contributed by atoms with van der Waals surface area (Å²) in [4.78, 5) is 11.8. The van der Waals surface area contributed by atoms with Gasteiger partial charge in [0.15, 0.2) is 6.61 Å². The SMILES string of the molecule is Cc1cc(OCC(=O)Nc2ccc(Cl)cc2N)ccc1F. The van der Waals surface area contributed by atoms with Gasteiger partial charge < -0.3 is 15.8 Å². The predicted octanol–water partition coefficient (Wildman–Crippen LogP) is 3.39. The van der Waals surface area contributed by atoms with Crippen molar-refractivity contribution >= 4 is 28.9 Å². The standard InChI is InChI=1S/C15H14ClFN2O2/c1-9-6-11(3-4-12(9)17)21-8-15(20)19-14-5-2-10(16)7-13(14)18/h2-7H,8,18H2,1H3,(H,19,20). The van der Waals surface area contributed by atoms with Crippen molar-refractivity contribution in [3.05, 3.63) is 52.8 Å². The summed E-state index contributed by atoms with van der Waals surface area (Å²) in [5, 5.41) is 3.10. The van der Waals surface area contributed by atoms with Crippen molar-refractivity contribution < 1.29 is 13.9 Å². The van der Waals surface area contributed by atoms with Crippen LogP contribution in [0.3, 0.4) is 0 Å². The molecule has 21 heavy (non-hydrogen) atoms. The molecular weight excluding hydrogens is 295 g/mol. The molecule has 0 radical (unpaired) electrons. The molecule has 0 aliphatic heterocycles. The van der Waals surface area contributed by atoms with E-state index >= 15 is 0 Å². The van der Waals surface area contributed by atoms with Crippen LogP contribution < -0.4 is 15.8 Å². The van der Waals surface area contributed by atoms with E-state index in [4.69, 9.17) is 22.1 Å². The third kappa shape index (κ3) is 4.10. The second-order valence-electron chi connectivity index (χ2n) is 4.48. The number of carbonyl (C=O) groups excluding carboxylic acids is 1. The van der Waals surface area contributed by atoms with Crippen molar-refractivity contribution in [3.8, 4) is 5.75 Å². The summed E-state index contributed by atoms with van der Waals surface area (Å²) in [6, 6.07) is 9.06. The Morgan fingerprint density at radius 1 is 1.33 bits per heavy atom. The predicted molar refractivity (Wildman–Crippen MR) is 81.1 cm³/mol. The van der Waals surface area contributed by atoms with Crippen LogP contribution >= 0.6 is 11.6 Å². The summed E-state index contributed by atoms with van der Waals surface area (Å²) in [7, 11) is 0. The van der Waals surface area contributed by atoms with Crippen molar-refractivity contribution in [3.63, 3.8) is 0 Å². The number of hydrogen-bond acceptors (Lipinski definition) is 3. The van der Waals surface area contributed by atoms with Crippen LogP contribution in [0.2, 0.25) is 5.02 Å². The first-order valence-electron chi connectivity index (χ1n) is 6.19. The van der Waals surface area contributed by atoms with Crippen LogP contribution in [0, 0.1) is 12.7 Å². The molecule has 2 rings (SSSR count). The van der Waals surface area contributed by atoms with Crippen LogP contribution in [0.15, 0.2) is 36.4 Å². The maximum atomic E-state index is 13.1. The van der Waals surface area contributed by atoms with Gasteiger partial charge in [0.05, 0.1) is 11.4 Å². The first-order valence-corrected chi connectivity index (χ1v) is 6.57. The molecule has 0 spiro atoms. The van der Waals surface area contributed by atoms with E-state index in [1.54, 1.807) is 25.1 Å². The fourth-order valence-electron chi connectivity index (χ4n) is 1.69. The highest BCUT2D eigenvalue weighted by molar-refractivity contribution is 6.31. The number of nitrogen functional groups attached to an aromatic ring is 1. The Morgan fingerprint density at radius 3 is 2.76 bits per heavy atom. The fraction of sp³-hybridized carbons (Fsp3) is 0.133. The number of nitrogens with one attached hydrogen (secondary N) is 1. The normalized spacial score (nSPS) is 10.2. The molecule has 3 N–H and O–H groups in total. The van der Waals surface area contributed by atoms with Crippen LogP contribution in [0.25, 0.3) is 0 Å². The zero-order valence-electron chi connectivity index (χ0n) is 11.3. The van der Waals surface area contributed by atoms with E-state index in [0.717, 1.165) is 0 Å². The fourth-order valence-corrected chi connectivity index (χ4v) is 1.87. The number of hydrogen-bond donors (Lipinski definition) is 2. The highest BCUT2D eigenvalue weighted by Crippen LogP contribution is 2.22. The zero-order chi connectivity index (χ0) is 15.4. The minimum Gasteiger partial charge on any atom is -0.484 e.